The Morgan fingerprint density at radius 3 is 2.14 bits per heavy atom. The first-order valence-corrected chi connectivity index (χ1v) is 4.15. The van der Waals surface area contributed by atoms with Gasteiger partial charge in [0.15, 0.2) is 11.0 Å². The fourth-order valence-electron chi connectivity index (χ4n) is 0.962. The number of nitrogens with zero attached hydrogens (tertiary/aromatic N) is 3. The molecule has 2 aromatic rings. The van der Waals surface area contributed by atoms with Gasteiger partial charge in [0.05, 0.1) is 0 Å². The van der Waals surface area contributed by atoms with Crippen molar-refractivity contribution >= 4 is 29.0 Å². The van der Waals surface area contributed by atoms with Crippen molar-refractivity contribution in [3.63, 3.8) is 0 Å². The van der Waals surface area contributed by atoms with Gasteiger partial charge in [-0.3, -0.25) is 9.59 Å². The van der Waals surface area contributed by atoms with Crippen molar-refractivity contribution in [3.05, 3.63) is 31.1 Å². The van der Waals surface area contributed by atoms with Crippen LogP contribution in [0.3, 0.4) is 0 Å². The van der Waals surface area contributed by atoms with Gasteiger partial charge in [0.1, 0.15) is 5.69 Å². The minimum atomic E-state index is -0.690. The molecule has 8 heteroatoms. The predicted octanol–water partition coefficient (Wildman–Crippen LogP) is -0.248. The van der Waals surface area contributed by atoms with Crippen LogP contribution in [0.15, 0.2) is 9.59 Å². The van der Waals surface area contributed by atoms with Crippen molar-refractivity contribution in [2.45, 2.75) is 0 Å². The third-order valence-electron chi connectivity index (χ3n) is 1.60. The van der Waals surface area contributed by atoms with Gasteiger partial charge >= 0.3 is 11.1 Å². The van der Waals surface area contributed by atoms with Crippen LogP contribution in [-0.4, -0.2) is 14.5 Å². The normalized spacial score (nSPS) is 11.0. The number of rotatable bonds is 1. The van der Waals surface area contributed by atoms with Gasteiger partial charge < -0.3 is 5.73 Å². The SMILES string of the molecule is Nc1nc(Cl)nc(Cl)c1-n1c(=O)c1=O. The molecule has 14 heavy (non-hydrogen) atoms. The molecule has 6 nitrogen and oxygen atoms in total. The Bertz CT molecular complexity index is 535. The predicted molar refractivity (Wildman–Crippen MR) is 50.7 cm³/mol. The van der Waals surface area contributed by atoms with E-state index in [0.29, 0.717) is 0 Å². The van der Waals surface area contributed by atoms with E-state index in [9.17, 15) is 9.59 Å². The number of hydrogen-bond acceptors (Lipinski definition) is 5. The van der Waals surface area contributed by atoms with E-state index >= 15 is 0 Å². The van der Waals surface area contributed by atoms with Crippen LogP contribution in [0.1, 0.15) is 0 Å². The van der Waals surface area contributed by atoms with Crippen LogP contribution in [0, 0.1) is 0 Å². The van der Waals surface area contributed by atoms with E-state index in [1.54, 1.807) is 0 Å². The first-order valence-electron chi connectivity index (χ1n) is 3.39. The van der Waals surface area contributed by atoms with Crippen LogP contribution < -0.4 is 16.9 Å². The monoisotopic (exact) mass is 232 g/mol. The Hall–Kier alpha value is -1.40. The van der Waals surface area contributed by atoms with Gasteiger partial charge in [0.2, 0.25) is 5.28 Å². The lowest BCUT2D eigenvalue weighted by atomic mass is 10.5. The zero-order valence-electron chi connectivity index (χ0n) is 6.49. The third-order valence-corrected chi connectivity index (χ3v) is 2.04. The molecule has 0 saturated heterocycles. The molecule has 0 aliphatic rings. The third kappa shape index (κ3) is 1.19. The van der Waals surface area contributed by atoms with Gasteiger partial charge in [-0.1, -0.05) is 11.6 Å². The van der Waals surface area contributed by atoms with Crippen LogP contribution in [0.25, 0.3) is 5.69 Å². The second-order valence-electron chi connectivity index (χ2n) is 2.46. The molecule has 0 radical (unpaired) electrons. The summed E-state index contributed by atoms with van der Waals surface area (Å²) in [6.07, 6.45) is 0. The molecule has 0 aliphatic carbocycles. The molecular formula is C6H2Cl2N4O2. The Morgan fingerprint density at radius 1 is 1.14 bits per heavy atom. The van der Waals surface area contributed by atoms with Gasteiger partial charge in [0.25, 0.3) is 0 Å². The number of hydrogen-bond donors (Lipinski definition) is 1. The Balaban J connectivity index is 2.72. The summed E-state index contributed by atoms with van der Waals surface area (Å²) in [5.74, 6) is -0.103. The van der Waals surface area contributed by atoms with Crippen LogP contribution in [0.5, 0.6) is 0 Å². The molecule has 2 aromatic heterocycles. The summed E-state index contributed by atoms with van der Waals surface area (Å²) >= 11 is 11.1. The summed E-state index contributed by atoms with van der Waals surface area (Å²) in [5.41, 5.74) is 4.03. The topological polar surface area (TPSA) is 90.9 Å². The van der Waals surface area contributed by atoms with Gasteiger partial charge in [-0.15, -0.1) is 0 Å². The van der Waals surface area contributed by atoms with E-state index in [1.807, 2.05) is 0 Å². The number of aromatic nitrogens is 3. The molecule has 2 rings (SSSR count). The zero-order valence-corrected chi connectivity index (χ0v) is 8.00. The lowest BCUT2D eigenvalue weighted by molar-refractivity contribution is 1.08. The second kappa shape index (κ2) is 2.79. The maximum Gasteiger partial charge on any atom is 0.324 e. The molecule has 0 bridgehead atoms. The highest BCUT2D eigenvalue weighted by molar-refractivity contribution is 6.33. The van der Waals surface area contributed by atoms with Crippen LogP contribution in [-0.2, 0) is 0 Å². The average molecular weight is 233 g/mol. The quantitative estimate of drug-likeness (QED) is 0.416. The highest BCUT2D eigenvalue weighted by atomic mass is 35.5. The number of halogens is 2. The largest absolute Gasteiger partial charge is 0.382 e. The number of nitrogens with two attached hydrogens (primary N) is 1. The molecule has 0 aliphatic heterocycles. The average Bonchev–Trinajstić information content (AvgIpc) is 2.60. The van der Waals surface area contributed by atoms with Crippen molar-refractivity contribution in [1.29, 1.82) is 0 Å². The van der Waals surface area contributed by atoms with Gasteiger partial charge in [-0.2, -0.15) is 4.98 Å². The van der Waals surface area contributed by atoms with Crippen molar-refractivity contribution in [2.75, 3.05) is 5.73 Å². The molecule has 2 heterocycles. The fourth-order valence-corrected chi connectivity index (χ4v) is 1.44. The summed E-state index contributed by atoms with van der Waals surface area (Å²) < 4.78 is 0.786. The number of nitrogen functional groups attached to an aromatic ring is 1. The summed E-state index contributed by atoms with van der Waals surface area (Å²) in [6, 6.07) is 0. The lowest BCUT2D eigenvalue weighted by Crippen LogP contribution is -2.04. The van der Waals surface area contributed by atoms with Crippen LogP contribution in [0.4, 0.5) is 5.82 Å². The Labute approximate surface area is 86.6 Å². The zero-order chi connectivity index (χ0) is 10.5. The van der Waals surface area contributed by atoms with E-state index in [0.717, 1.165) is 4.57 Å². The van der Waals surface area contributed by atoms with Crippen LogP contribution >= 0.6 is 23.2 Å². The molecule has 72 valence electrons. The molecule has 0 amide bonds. The summed E-state index contributed by atoms with van der Waals surface area (Å²) in [6.45, 7) is 0. The van der Waals surface area contributed by atoms with Gasteiger partial charge in [-0.25, -0.2) is 9.55 Å². The summed E-state index contributed by atoms with van der Waals surface area (Å²) in [4.78, 5) is 28.7. The minimum absolute atomic E-state index is 0.00827. The van der Waals surface area contributed by atoms with E-state index in [1.165, 1.54) is 0 Å². The summed E-state index contributed by atoms with van der Waals surface area (Å²) in [7, 11) is 0. The Kier molecular flexibility index (Phi) is 1.83. The van der Waals surface area contributed by atoms with E-state index in [2.05, 4.69) is 9.97 Å². The molecule has 0 saturated carbocycles. The fraction of sp³-hybridized carbons (Fsp3) is 0. The van der Waals surface area contributed by atoms with Crippen molar-refractivity contribution < 1.29 is 0 Å². The maximum atomic E-state index is 10.8. The molecular weight excluding hydrogens is 231 g/mol. The van der Waals surface area contributed by atoms with E-state index in [-0.39, 0.29) is 21.9 Å². The second-order valence-corrected chi connectivity index (χ2v) is 3.16. The highest BCUT2D eigenvalue weighted by Gasteiger charge is 2.24. The maximum absolute atomic E-state index is 10.8. The molecule has 0 spiro atoms. The van der Waals surface area contributed by atoms with Crippen LogP contribution in [0.2, 0.25) is 10.4 Å². The van der Waals surface area contributed by atoms with Crippen molar-refractivity contribution in [3.8, 4) is 5.69 Å². The lowest BCUT2D eigenvalue weighted by Gasteiger charge is -2.01. The van der Waals surface area contributed by atoms with Crippen molar-refractivity contribution in [2.24, 2.45) is 0 Å². The minimum Gasteiger partial charge on any atom is -0.382 e. The van der Waals surface area contributed by atoms with Crippen molar-refractivity contribution in [1.82, 2.24) is 14.5 Å². The first-order chi connectivity index (χ1) is 6.52. The molecule has 2 N–H and O–H groups in total. The molecule has 0 aromatic carbocycles. The molecule has 0 atom stereocenters. The van der Waals surface area contributed by atoms with E-state index < -0.39 is 11.1 Å². The molecule has 0 fully saturated rings. The molecule has 0 unspecified atom stereocenters. The summed E-state index contributed by atoms with van der Waals surface area (Å²) in [5, 5.41) is -0.264. The van der Waals surface area contributed by atoms with E-state index in [4.69, 9.17) is 28.9 Å². The smallest absolute Gasteiger partial charge is 0.324 e. The highest BCUT2D eigenvalue weighted by Crippen LogP contribution is 2.23. The van der Waals surface area contributed by atoms with Gasteiger partial charge in [-0.05, 0) is 11.6 Å². The first kappa shape index (κ1) is 9.17. The standard InChI is InChI=1S/C6H2Cl2N4O2/c7-2-1(12-4(13)5(12)14)3(9)11-6(8)10-2/h(H2,9,10,11). The number of anilines is 1. The van der Waals surface area contributed by atoms with Gasteiger partial charge in [0, 0.05) is 0 Å². The Morgan fingerprint density at radius 2 is 1.71 bits per heavy atom.